The average Bonchev–Trinajstić information content (AvgIpc) is 2.36. The summed E-state index contributed by atoms with van der Waals surface area (Å²) in [5.74, 6) is -0.213. The first-order valence-corrected chi connectivity index (χ1v) is 6.15. The van der Waals surface area contributed by atoms with Gasteiger partial charge in [0.05, 0.1) is 16.3 Å². The minimum absolute atomic E-state index is 0.213. The van der Waals surface area contributed by atoms with Gasteiger partial charge in [-0.2, -0.15) is 0 Å². The number of nitrogens with one attached hydrogen (secondary N) is 1. The van der Waals surface area contributed by atoms with Crippen LogP contribution >= 0.6 is 11.6 Å². The maximum Gasteiger partial charge on any atom is 0.257 e. The van der Waals surface area contributed by atoms with Crippen molar-refractivity contribution in [2.45, 2.75) is 13.8 Å². The quantitative estimate of drug-likeness (QED) is 0.827. The zero-order chi connectivity index (χ0) is 14.0. The molecule has 0 radical (unpaired) electrons. The SMILES string of the molecule is Cc1cc(N)c(Cl)cc1NC(=O)c1cccnc1C. The number of benzene rings is 1. The summed E-state index contributed by atoms with van der Waals surface area (Å²) in [6.07, 6.45) is 1.65. The van der Waals surface area contributed by atoms with Crippen LogP contribution in [0.5, 0.6) is 0 Å². The van der Waals surface area contributed by atoms with Crippen LogP contribution in [0.4, 0.5) is 11.4 Å². The summed E-state index contributed by atoms with van der Waals surface area (Å²) in [6, 6.07) is 6.83. The van der Waals surface area contributed by atoms with Gasteiger partial charge in [0.25, 0.3) is 5.91 Å². The van der Waals surface area contributed by atoms with Crippen molar-refractivity contribution < 1.29 is 4.79 Å². The van der Waals surface area contributed by atoms with E-state index in [1.54, 1.807) is 37.4 Å². The molecule has 1 amide bonds. The minimum Gasteiger partial charge on any atom is -0.398 e. The molecule has 0 saturated heterocycles. The van der Waals surface area contributed by atoms with Gasteiger partial charge in [0.15, 0.2) is 0 Å². The molecule has 2 aromatic rings. The van der Waals surface area contributed by atoms with Crippen LogP contribution < -0.4 is 11.1 Å². The second-order valence-corrected chi connectivity index (χ2v) is 4.69. The Labute approximate surface area is 116 Å². The molecule has 19 heavy (non-hydrogen) atoms. The van der Waals surface area contributed by atoms with Gasteiger partial charge in [0.2, 0.25) is 0 Å². The van der Waals surface area contributed by atoms with E-state index >= 15 is 0 Å². The average molecular weight is 276 g/mol. The molecule has 4 nitrogen and oxygen atoms in total. The van der Waals surface area contributed by atoms with E-state index < -0.39 is 0 Å². The molecule has 0 aliphatic carbocycles. The summed E-state index contributed by atoms with van der Waals surface area (Å²) in [6.45, 7) is 3.65. The Morgan fingerprint density at radius 2 is 2.11 bits per heavy atom. The second kappa shape index (κ2) is 5.28. The Morgan fingerprint density at radius 1 is 1.37 bits per heavy atom. The van der Waals surface area contributed by atoms with E-state index in [2.05, 4.69) is 10.3 Å². The summed E-state index contributed by atoms with van der Waals surface area (Å²) < 4.78 is 0. The lowest BCUT2D eigenvalue weighted by molar-refractivity contribution is 0.102. The molecule has 0 spiro atoms. The van der Waals surface area contributed by atoms with Crippen molar-refractivity contribution in [2.75, 3.05) is 11.1 Å². The van der Waals surface area contributed by atoms with Gasteiger partial charge in [-0.1, -0.05) is 11.6 Å². The van der Waals surface area contributed by atoms with Crippen molar-refractivity contribution in [1.82, 2.24) is 4.98 Å². The zero-order valence-corrected chi connectivity index (χ0v) is 11.5. The number of carbonyl (C=O) groups excluding carboxylic acids is 1. The molecule has 0 saturated carbocycles. The molecule has 1 aromatic heterocycles. The molecule has 5 heteroatoms. The molecule has 1 aromatic carbocycles. The Hall–Kier alpha value is -2.07. The summed E-state index contributed by atoms with van der Waals surface area (Å²) in [7, 11) is 0. The largest absolute Gasteiger partial charge is 0.398 e. The molecule has 0 fully saturated rings. The van der Waals surface area contributed by atoms with Crippen LogP contribution in [0.15, 0.2) is 30.5 Å². The van der Waals surface area contributed by atoms with Crippen LogP contribution in [0.25, 0.3) is 0 Å². The van der Waals surface area contributed by atoms with Gasteiger partial charge in [-0.15, -0.1) is 0 Å². The maximum absolute atomic E-state index is 12.2. The number of nitrogens with two attached hydrogens (primary N) is 1. The highest BCUT2D eigenvalue weighted by molar-refractivity contribution is 6.33. The van der Waals surface area contributed by atoms with Crippen LogP contribution in [-0.4, -0.2) is 10.9 Å². The third-order valence-corrected chi connectivity index (χ3v) is 3.17. The molecule has 2 rings (SSSR count). The molecule has 0 aliphatic heterocycles. The van der Waals surface area contributed by atoms with E-state index in [1.165, 1.54) is 0 Å². The molecule has 0 unspecified atom stereocenters. The van der Waals surface area contributed by atoms with E-state index in [0.29, 0.717) is 27.7 Å². The van der Waals surface area contributed by atoms with E-state index in [0.717, 1.165) is 5.56 Å². The van der Waals surface area contributed by atoms with Crippen molar-refractivity contribution in [3.05, 3.63) is 52.3 Å². The first kappa shape index (κ1) is 13.4. The number of hydrogen-bond acceptors (Lipinski definition) is 3. The number of amides is 1. The number of nitrogens with zero attached hydrogens (tertiary/aromatic N) is 1. The van der Waals surface area contributed by atoms with Gasteiger partial charge < -0.3 is 11.1 Å². The molecule has 1 heterocycles. The van der Waals surface area contributed by atoms with Gasteiger partial charge in [0.1, 0.15) is 0 Å². The van der Waals surface area contributed by atoms with Crippen molar-refractivity contribution in [2.24, 2.45) is 0 Å². The molecule has 98 valence electrons. The van der Waals surface area contributed by atoms with Crippen molar-refractivity contribution in [3.8, 4) is 0 Å². The number of carbonyl (C=O) groups is 1. The number of nitrogen functional groups attached to an aromatic ring is 1. The molecule has 3 N–H and O–H groups in total. The number of hydrogen-bond donors (Lipinski definition) is 2. The number of pyridine rings is 1. The minimum atomic E-state index is -0.213. The topological polar surface area (TPSA) is 68.0 Å². The molecule has 0 atom stereocenters. The highest BCUT2D eigenvalue weighted by Crippen LogP contribution is 2.27. The van der Waals surface area contributed by atoms with E-state index in [9.17, 15) is 4.79 Å². The van der Waals surface area contributed by atoms with Gasteiger partial charge in [-0.25, -0.2) is 0 Å². The van der Waals surface area contributed by atoms with Crippen molar-refractivity contribution >= 4 is 28.9 Å². The van der Waals surface area contributed by atoms with Crippen LogP contribution in [0, 0.1) is 13.8 Å². The van der Waals surface area contributed by atoms with E-state index in [-0.39, 0.29) is 5.91 Å². The lowest BCUT2D eigenvalue weighted by Crippen LogP contribution is -2.14. The summed E-state index contributed by atoms with van der Waals surface area (Å²) in [4.78, 5) is 16.2. The van der Waals surface area contributed by atoms with Gasteiger partial charge >= 0.3 is 0 Å². The molecular weight excluding hydrogens is 262 g/mol. The van der Waals surface area contributed by atoms with Crippen molar-refractivity contribution in [1.29, 1.82) is 0 Å². The fourth-order valence-electron chi connectivity index (χ4n) is 1.75. The number of rotatable bonds is 2. The Bertz CT molecular complexity index is 641. The predicted molar refractivity (Wildman–Crippen MR) is 77.5 cm³/mol. The highest BCUT2D eigenvalue weighted by atomic mass is 35.5. The molecule has 0 bridgehead atoms. The standard InChI is InChI=1S/C14H14ClN3O/c1-8-6-12(16)11(15)7-13(8)18-14(19)10-4-3-5-17-9(10)2/h3-7H,16H2,1-2H3,(H,18,19). The molecular formula is C14H14ClN3O. The summed E-state index contributed by atoms with van der Waals surface area (Å²) in [5, 5.41) is 3.24. The van der Waals surface area contributed by atoms with Crippen LogP contribution in [0.2, 0.25) is 5.02 Å². The number of halogens is 1. The Balaban J connectivity index is 2.30. The van der Waals surface area contributed by atoms with E-state index in [1.807, 2.05) is 6.92 Å². The normalized spacial score (nSPS) is 10.3. The lowest BCUT2D eigenvalue weighted by Gasteiger charge is -2.11. The van der Waals surface area contributed by atoms with E-state index in [4.69, 9.17) is 17.3 Å². The fourth-order valence-corrected chi connectivity index (χ4v) is 1.92. The predicted octanol–water partition coefficient (Wildman–Crippen LogP) is 3.19. The monoisotopic (exact) mass is 275 g/mol. The van der Waals surface area contributed by atoms with Crippen molar-refractivity contribution in [3.63, 3.8) is 0 Å². The van der Waals surface area contributed by atoms with Crippen LogP contribution in [-0.2, 0) is 0 Å². The second-order valence-electron chi connectivity index (χ2n) is 4.28. The Morgan fingerprint density at radius 3 is 2.79 bits per heavy atom. The highest BCUT2D eigenvalue weighted by Gasteiger charge is 2.11. The third-order valence-electron chi connectivity index (χ3n) is 2.84. The number of aryl methyl sites for hydroxylation is 2. The number of anilines is 2. The van der Waals surface area contributed by atoms with Crippen LogP contribution in [0.3, 0.4) is 0 Å². The number of aromatic nitrogens is 1. The van der Waals surface area contributed by atoms with Gasteiger partial charge in [-0.05, 0) is 43.7 Å². The summed E-state index contributed by atoms with van der Waals surface area (Å²) >= 11 is 5.96. The first-order chi connectivity index (χ1) is 8.99. The van der Waals surface area contributed by atoms with Gasteiger partial charge in [0, 0.05) is 17.6 Å². The third kappa shape index (κ3) is 2.85. The summed E-state index contributed by atoms with van der Waals surface area (Å²) in [5.41, 5.74) is 8.92. The zero-order valence-electron chi connectivity index (χ0n) is 10.7. The van der Waals surface area contributed by atoms with Crippen LogP contribution in [0.1, 0.15) is 21.6 Å². The maximum atomic E-state index is 12.2. The first-order valence-electron chi connectivity index (χ1n) is 5.77. The fraction of sp³-hybridized carbons (Fsp3) is 0.143. The molecule has 0 aliphatic rings. The Kier molecular flexibility index (Phi) is 3.71. The smallest absolute Gasteiger partial charge is 0.257 e. The van der Waals surface area contributed by atoms with Gasteiger partial charge in [-0.3, -0.25) is 9.78 Å². The lowest BCUT2D eigenvalue weighted by atomic mass is 10.1.